The van der Waals surface area contributed by atoms with E-state index in [1.165, 1.54) is 9.58 Å². The first kappa shape index (κ1) is 17.8. The van der Waals surface area contributed by atoms with E-state index in [1.807, 2.05) is 0 Å². The highest BCUT2D eigenvalue weighted by Gasteiger charge is 2.38. The van der Waals surface area contributed by atoms with Crippen LogP contribution >= 0.6 is 0 Å². The first-order chi connectivity index (χ1) is 12.7. The predicted molar refractivity (Wildman–Crippen MR) is 91.3 cm³/mol. The Bertz CT molecular complexity index is 944. The molecule has 1 saturated heterocycles. The number of benzene rings is 1. The van der Waals surface area contributed by atoms with Gasteiger partial charge in [0.15, 0.2) is 17.2 Å². The van der Waals surface area contributed by atoms with E-state index in [4.69, 9.17) is 4.74 Å². The average molecular weight is 378 g/mol. The van der Waals surface area contributed by atoms with E-state index in [2.05, 4.69) is 10.3 Å². The number of aldehydes is 1. The molecule has 0 bridgehead atoms. The second kappa shape index (κ2) is 5.97. The molecule has 1 amide bonds. The van der Waals surface area contributed by atoms with E-state index in [1.54, 1.807) is 20.8 Å². The van der Waals surface area contributed by atoms with E-state index in [9.17, 15) is 14.0 Å². The van der Waals surface area contributed by atoms with Gasteiger partial charge in [-0.15, -0.1) is 5.10 Å². The van der Waals surface area contributed by atoms with E-state index in [0.717, 1.165) is 6.29 Å². The summed E-state index contributed by atoms with van der Waals surface area (Å²) in [6.45, 7) is 5.89. The standard InChI is InChI=1S/C18H20F2N4O3/c1-18(2,3)27-17(26)23-6-10(7-23)24-16-14(20)12-5-9(8-25)4-11(12)13(19)15(16)21-22-24/h8-10H,4-7H2,1-3H3. The Morgan fingerprint density at radius 2 is 1.81 bits per heavy atom. The molecule has 1 unspecified atom stereocenters. The van der Waals surface area contributed by atoms with Crippen LogP contribution in [0, 0.1) is 17.6 Å². The number of aromatic nitrogens is 3. The minimum absolute atomic E-state index is 0.00774. The molecule has 0 radical (unpaired) electrons. The Labute approximate surface area is 154 Å². The summed E-state index contributed by atoms with van der Waals surface area (Å²) in [6, 6.07) is -0.308. The molecule has 2 aliphatic rings. The van der Waals surface area contributed by atoms with Gasteiger partial charge in [-0.25, -0.2) is 18.3 Å². The van der Waals surface area contributed by atoms with Crippen LogP contribution in [0.3, 0.4) is 0 Å². The summed E-state index contributed by atoms with van der Waals surface area (Å²) in [4.78, 5) is 24.6. The van der Waals surface area contributed by atoms with Crippen molar-refractivity contribution in [3.63, 3.8) is 0 Å². The number of carbonyl (C=O) groups is 2. The van der Waals surface area contributed by atoms with Gasteiger partial charge >= 0.3 is 6.09 Å². The number of hydrogen-bond donors (Lipinski definition) is 0. The Morgan fingerprint density at radius 1 is 1.19 bits per heavy atom. The summed E-state index contributed by atoms with van der Waals surface area (Å²) in [6.07, 6.45) is 0.635. The SMILES string of the molecule is CC(C)(C)OC(=O)N1CC(n2nnc3c(F)c4c(c(F)c32)CC(C=O)C4)C1. The summed E-state index contributed by atoms with van der Waals surface area (Å²) >= 11 is 0. The first-order valence-electron chi connectivity index (χ1n) is 8.86. The van der Waals surface area contributed by atoms with Crippen molar-refractivity contribution < 1.29 is 23.1 Å². The molecule has 1 aromatic heterocycles. The monoisotopic (exact) mass is 378 g/mol. The number of halogens is 2. The zero-order valence-electron chi connectivity index (χ0n) is 15.3. The second-order valence-corrected chi connectivity index (χ2v) is 8.16. The third-order valence-electron chi connectivity index (χ3n) is 4.99. The molecule has 1 aliphatic carbocycles. The lowest BCUT2D eigenvalue weighted by Gasteiger charge is -2.39. The van der Waals surface area contributed by atoms with Crippen LogP contribution in [0.5, 0.6) is 0 Å². The fraction of sp³-hybridized carbons (Fsp3) is 0.556. The van der Waals surface area contributed by atoms with Gasteiger partial charge in [0.05, 0.1) is 6.04 Å². The largest absolute Gasteiger partial charge is 0.444 e. The van der Waals surface area contributed by atoms with Crippen LogP contribution in [-0.4, -0.2) is 51.0 Å². The summed E-state index contributed by atoms with van der Waals surface area (Å²) in [5.74, 6) is -1.60. The number of ether oxygens (including phenoxy) is 1. The number of amides is 1. The Kier molecular flexibility index (Phi) is 3.94. The Hall–Kier alpha value is -2.58. The van der Waals surface area contributed by atoms with Crippen molar-refractivity contribution in [3.05, 3.63) is 22.8 Å². The summed E-state index contributed by atoms with van der Waals surface area (Å²) in [5.41, 5.74) is -0.301. The van der Waals surface area contributed by atoms with Crippen LogP contribution in [0.25, 0.3) is 11.0 Å². The zero-order valence-corrected chi connectivity index (χ0v) is 15.3. The average Bonchev–Trinajstić information content (AvgIpc) is 3.14. The van der Waals surface area contributed by atoms with Crippen molar-refractivity contribution in [1.82, 2.24) is 19.9 Å². The molecule has 1 atom stereocenters. The maximum atomic E-state index is 15.1. The Morgan fingerprint density at radius 3 is 2.41 bits per heavy atom. The van der Waals surface area contributed by atoms with Crippen molar-refractivity contribution in [2.45, 2.75) is 45.3 Å². The van der Waals surface area contributed by atoms with Crippen LogP contribution < -0.4 is 0 Å². The molecular weight excluding hydrogens is 358 g/mol. The highest BCUT2D eigenvalue weighted by molar-refractivity contribution is 5.80. The highest BCUT2D eigenvalue weighted by Crippen LogP contribution is 2.37. The van der Waals surface area contributed by atoms with E-state index >= 15 is 4.39 Å². The van der Waals surface area contributed by atoms with Gasteiger partial charge in [-0.1, -0.05) is 5.21 Å². The van der Waals surface area contributed by atoms with E-state index in [0.29, 0.717) is 0 Å². The lowest BCUT2D eigenvalue weighted by molar-refractivity contribution is -0.110. The minimum atomic E-state index is -0.611. The Balaban J connectivity index is 1.61. The van der Waals surface area contributed by atoms with Crippen molar-refractivity contribution >= 4 is 23.4 Å². The van der Waals surface area contributed by atoms with E-state index in [-0.39, 0.29) is 54.1 Å². The minimum Gasteiger partial charge on any atom is -0.444 e. The first-order valence-corrected chi connectivity index (χ1v) is 8.86. The van der Waals surface area contributed by atoms with Gasteiger partial charge in [-0.2, -0.15) is 0 Å². The van der Waals surface area contributed by atoms with Gasteiger partial charge in [-0.05, 0) is 44.7 Å². The zero-order chi connectivity index (χ0) is 19.5. The number of hydrogen-bond acceptors (Lipinski definition) is 5. The molecule has 1 aromatic carbocycles. The number of fused-ring (bicyclic) bond motifs is 2. The molecule has 7 nitrogen and oxygen atoms in total. The van der Waals surface area contributed by atoms with Gasteiger partial charge in [0.1, 0.15) is 17.4 Å². The molecule has 2 heterocycles. The highest BCUT2D eigenvalue weighted by atomic mass is 19.1. The normalized spacial score (nSPS) is 19.9. The van der Waals surface area contributed by atoms with Crippen molar-refractivity contribution in [2.75, 3.05) is 13.1 Å². The van der Waals surface area contributed by atoms with Crippen molar-refractivity contribution in [1.29, 1.82) is 0 Å². The molecule has 0 spiro atoms. The number of rotatable bonds is 2. The quantitative estimate of drug-likeness (QED) is 0.750. The molecule has 0 saturated carbocycles. The molecule has 1 fully saturated rings. The molecule has 1 aliphatic heterocycles. The van der Waals surface area contributed by atoms with Crippen molar-refractivity contribution in [3.8, 4) is 0 Å². The van der Waals surface area contributed by atoms with Gasteiger partial charge < -0.3 is 14.4 Å². The number of nitrogens with zero attached hydrogens (tertiary/aromatic N) is 4. The lowest BCUT2D eigenvalue weighted by atomic mass is 10.1. The molecule has 0 N–H and O–H groups in total. The predicted octanol–water partition coefficient (Wildman–Crippen LogP) is 2.42. The third kappa shape index (κ3) is 2.85. The molecule has 9 heteroatoms. The third-order valence-corrected chi connectivity index (χ3v) is 4.99. The molecule has 144 valence electrons. The maximum Gasteiger partial charge on any atom is 0.410 e. The van der Waals surface area contributed by atoms with Gasteiger partial charge in [0.25, 0.3) is 0 Å². The molecule has 2 aromatic rings. The fourth-order valence-electron chi connectivity index (χ4n) is 3.66. The van der Waals surface area contributed by atoms with Crippen LogP contribution in [0.2, 0.25) is 0 Å². The van der Waals surface area contributed by atoms with Crippen LogP contribution in [0.1, 0.15) is 37.9 Å². The molecular formula is C18H20F2N4O3. The van der Waals surface area contributed by atoms with Crippen LogP contribution in [0.4, 0.5) is 13.6 Å². The van der Waals surface area contributed by atoms with Crippen LogP contribution in [-0.2, 0) is 22.4 Å². The maximum absolute atomic E-state index is 15.1. The smallest absolute Gasteiger partial charge is 0.410 e. The van der Waals surface area contributed by atoms with Gasteiger partial charge in [0, 0.05) is 19.0 Å². The number of carbonyl (C=O) groups excluding carboxylic acids is 2. The summed E-state index contributed by atoms with van der Waals surface area (Å²) in [7, 11) is 0. The van der Waals surface area contributed by atoms with Gasteiger partial charge in [0.2, 0.25) is 0 Å². The summed E-state index contributed by atoms with van der Waals surface area (Å²) in [5, 5.41) is 7.74. The fourth-order valence-corrected chi connectivity index (χ4v) is 3.66. The molecule has 27 heavy (non-hydrogen) atoms. The lowest BCUT2D eigenvalue weighted by Crippen LogP contribution is -2.52. The molecule has 4 rings (SSSR count). The topological polar surface area (TPSA) is 77.3 Å². The van der Waals surface area contributed by atoms with E-state index < -0.39 is 29.2 Å². The second-order valence-electron chi connectivity index (χ2n) is 8.16. The van der Waals surface area contributed by atoms with Crippen LogP contribution in [0.15, 0.2) is 0 Å². The van der Waals surface area contributed by atoms with Gasteiger partial charge in [-0.3, -0.25) is 0 Å². The number of likely N-dealkylation sites (tertiary alicyclic amines) is 1. The summed E-state index contributed by atoms with van der Waals surface area (Å²) < 4.78 is 36.5. The van der Waals surface area contributed by atoms with Crippen molar-refractivity contribution in [2.24, 2.45) is 5.92 Å².